The molecule has 146 valence electrons. The highest BCUT2D eigenvalue weighted by Crippen LogP contribution is 2.34. The standard InChI is InChI=1S/C22H22N6O/c1-27-12-11-16(13-27)28-22-19(21(23)24-14-25-22)20(26-28)15-7-9-18(10-8-15)29-17-5-3-2-4-6-17/h2-10,14,16H,11-13H2,1H3,(H2,23,24,25)/t16-/m1/s1. The van der Waals surface area contributed by atoms with E-state index in [-0.39, 0.29) is 6.04 Å². The Morgan fingerprint density at radius 2 is 1.76 bits per heavy atom. The maximum absolute atomic E-state index is 6.23. The smallest absolute Gasteiger partial charge is 0.164 e. The quantitative estimate of drug-likeness (QED) is 0.575. The lowest BCUT2D eigenvalue weighted by molar-refractivity contribution is 0.385. The van der Waals surface area contributed by atoms with Crippen molar-refractivity contribution in [3.05, 3.63) is 60.9 Å². The van der Waals surface area contributed by atoms with Crippen molar-refractivity contribution in [3.63, 3.8) is 0 Å². The molecule has 2 aromatic heterocycles. The number of hydrogen-bond donors (Lipinski definition) is 1. The van der Waals surface area contributed by atoms with E-state index in [2.05, 4.69) is 21.9 Å². The monoisotopic (exact) mass is 386 g/mol. The van der Waals surface area contributed by atoms with Gasteiger partial charge in [-0.2, -0.15) is 5.10 Å². The maximum atomic E-state index is 6.23. The second-order valence-electron chi connectivity index (χ2n) is 7.39. The van der Waals surface area contributed by atoms with E-state index in [0.717, 1.165) is 53.3 Å². The van der Waals surface area contributed by atoms with Gasteiger partial charge in [-0.1, -0.05) is 18.2 Å². The van der Waals surface area contributed by atoms with Crippen LogP contribution in [-0.4, -0.2) is 44.8 Å². The highest BCUT2D eigenvalue weighted by molar-refractivity contribution is 5.98. The number of nitrogens with two attached hydrogens (primary N) is 1. The van der Waals surface area contributed by atoms with Gasteiger partial charge in [-0.15, -0.1) is 0 Å². The van der Waals surface area contributed by atoms with Crippen LogP contribution in [0.4, 0.5) is 5.82 Å². The highest BCUT2D eigenvalue weighted by Gasteiger charge is 2.26. The van der Waals surface area contributed by atoms with Gasteiger partial charge in [-0.05, 0) is 49.9 Å². The number of para-hydroxylation sites is 1. The summed E-state index contributed by atoms with van der Waals surface area (Å²) in [6.45, 7) is 2.00. The lowest BCUT2D eigenvalue weighted by Gasteiger charge is -2.11. The number of fused-ring (bicyclic) bond motifs is 1. The van der Waals surface area contributed by atoms with E-state index in [1.165, 1.54) is 6.33 Å². The van der Waals surface area contributed by atoms with Crippen molar-refractivity contribution in [2.24, 2.45) is 0 Å². The predicted molar refractivity (Wildman–Crippen MR) is 113 cm³/mol. The molecule has 1 atom stereocenters. The zero-order valence-corrected chi connectivity index (χ0v) is 16.2. The minimum Gasteiger partial charge on any atom is -0.457 e. The molecule has 0 unspecified atom stereocenters. The SMILES string of the molecule is CN1CC[C@@H](n2nc(-c3ccc(Oc4ccccc4)cc3)c3c(N)ncnc32)C1. The number of benzene rings is 2. The summed E-state index contributed by atoms with van der Waals surface area (Å²) in [6.07, 6.45) is 2.55. The number of aromatic nitrogens is 4. The Balaban J connectivity index is 1.53. The molecule has 1 fully saturated rings. The molecule has 0 amide bonds. The van der Waals surface area contributed by atoms with Crippen LogP contribution in [0.5, 0.6) is 11.5 Å². The molecule has 2 N–H and O–H groups in total. The van der Waals surface area contributed by atoms with Crippen LogP contribution in [0.25, 0.3) is 22.3 Å². The van der Waals surface area contributed by atoms with Gasteiger partial charge in [0, 0.05) is 18.7 Å². The number of rotatable bonds is 4. The van der Waals surface area contributed by atoms with Gasteiger partial charge in [-0.25, -0.2) is 14.6 Å². The first-order valence-corrected chi connectivity index (χ1v) is 9.69. The van der Waals surface area contributed by atoms with Crippen molar-refractivity contribution >= 4 is 16.9 Å². The van der Waals surface area contributed by atoms with Gasteiger partial charge in [0.1, 0.15) is 29.3 Å². The summed E-state index contributed by atoms with van der Waals surface area (Å²) in [5.41, 5.74) is 8.78. The number of nitrogens with zero attached hydrogens (tertiary/aromatic N) is 5. The minimum atomic E-state index is 0.284. The highest BCUT2D eigenvalue weighted by atomic mass is 16.5. The van der Waals surface area contributed by atoms with Gasteiger partial charge in [0.2, 0.25) is 0 Å². The summed E-state index contributed by atoms with van der Waals surface area (Å²) in [5.74, 6) is 2.02. The molecule has 0 bridgehead atoms. The molecule has 1 saturated heterocycles. The van der Waals surface area contributed by atoms with Gasteiger partial charge in [0.05, 0.1) is 11.4 Å². The third-order valence-corrected chi connectivity index (χ3v) is 5.34. The van der Waals surface area contributed by atoms with Gasteiger partial charge >= 0.3 is 0 Å². The molecule has 1 aliphatic rings. The first-order valence-electron chi connectivity index (χ1n) is 9.69. The zero-order chi connectivity index (χ0) is 19.8. The van der Waals surface area contributed by atoms with E-state index in [1.54, 1.807) is 0 Å². The van der Waals surface area contributed by atoms with Crippen LogP contribution in [0, 0.1) is 0 Å². The fourth-order valence-electron chi connectivity index (χ4n) is 3.87. The number of anilines is 1. The Morgan fingerprint density at radius 1 is 1.00 bits per heavy atom. The number of likely N-dealkylation sites (tertiary alicyclic amines) is 1. The minimum absolute atomic E-state index is 0.284. The second-order valence-corrected chi connectivity index (χ2v) is 7.39. The molecule has 0 radical (unpaired) electrons. The first-order chi connectivity index (χ1) is 14.2. The lowest BCUT2D eigenvalue weighted by Crippen LogP contribution is -2.17. The molecule has 4 aromatic rings. The van der Waals surface area contributed by atoms with Gasteiger partial charge in [0.25, 0.3) is 0 Å². The number of hydrogen-bond acceptors (Lipinski definition) is 6. The van der Waals surface area contributed by atoms with Crippen LogP contribution in [0.3, 0.4) is 0 Å². The molecule has 0 spiro atoms. The number of likely N-dealkylation sites (N-methyl/N-ethyl adjacent to an activating group) is 1. The summed E-state index contributed by atoms with van der Waals surface area (Å²) in [5, 5.41) is 5.72. The Hall–Kier alpha value is -3.45. The molecule has 2 aromatic carbocycles. The molecule has 0 saturated carbocycles. The molecular weight excluding hydrogens is 364 g/mol. The average molecular weight is 386 g/mol. The Bertz CT molecular complexity index is 1140. The van der Waals surface area contributed by atoms with Gasteiger partial charge < -0.3 is 15.4 Å². The maximum Gasteiger partial charge on any atom is 0.164 e. The lowest BCUT2D eigenvalue weighted by atomic mass is 10.1. The van der Waals surface area contributed by atoms with E-state index >= 15 is 0 Å². The zero-order valence-electron chi connectivity index (χ0n) is 16.2. The van der Waals surface area contributed by atoms with Crippen molar-refractivity contribution in [2.75, 3.05) is 25.9 Å². The fraction of sp³-hybridized carbons (Fsp3) is 0.227. The summed E-state index contributed by atoms with van der Waals surface area (Å²) < 4.78 is 7.91. The van der Waals surface area contributed by atoms with Crippen molar-refractivity contribution in [2.45, 2.75) is 12.5 Å². The van der Waals surface area contributed by atoms with Crippen LogP contribution < -0.4 is 10.5 Å². The van der Waals surface area contributed by atoms with E-state index in [9.17, 15) is 0 Å². The van der Waals surface area contributed by atoms with Crippen LogP contribution in [-0.2, 0) is 0 Å². The topological polar surface area (TPSA) is 82.1 Å². The molecule has 0 aliphatic carbocycles. The van der Waals surface area contributed by atoms with Gasteiger partial charge in [0.15, 0.2) is 5.65 Å². The third kappa shape index (κ3) is 3.30. The predicted octanol–water partition coefficient (Wildman–Crippen LogP) is 3.74. The molecule has 7 nitrogen and oxygen atoms in total. The first kappa shape index (κ1) is 17.6. The molecule has 5 rings (SSSR count). The van der Waals surface area contributed by atoms with E-state index in [1.807, 2.05) is 59.3 Å². The fourth-order valence-corrected chi connectivity index (χ4v) is 3.87. The van der Waals surface area contributed by atoms with Crippen molar-refractivity contribution < 1.29 is 4.74 Å². The van der Waals surface area contributed by atoms with Crippen LogP contribution >= 0.6 is 0 Å². The Morgan fingerprint density at radius 3 is 2.48 bits per heavy atom. The summed E-state index contributed by atoms with van der Waals surface area (Å²) >= 11 is 0. The molecule has 29 heavy (non-hydrogen) atoms. The molecule has 7 heteroatoms. The van der Waals surface area contributed by atoms with E-state index in [0.29, 0.717) is 5.82 Å². The van der Waals surface area contributed by atoms with Crippen LogP contribution in [0.2, 0.25) is 0 Å². The van der Waals surface area contributed by atoms with Crippen molar-refractivity contribution in [3.8, 4) is 22.8 Å². The summed E-state index contributed by atoms with van der Waals surface area (Å²) in [6, 6.07) is 17.9. The Kier molecular flexibility index (Phi) is 4.37. The summed E-state index contributed by atoms with van der Waals surface area (Å²) in [7, 11) is 2.13. The number of nitrogen functional groups attached to an aromatic ring is 1. The molecule has 3 heterocycles. The van der Waals surface area contributed by atoms with Crippen LogP contribution in [0.15, 0.2) is 60.9 Å². The molecule has 1 aliphatic heterocycles. The normalized spacial score (nSPS) is 17.1. The van der Waals surface area contributed by atoms with E-state index in [4.69, 9.17) is 15.6 Å². The van der Waals surface area contributed by atoms with Crippen LogP contribution in [0.1, 0.15) is 12.5 Å². The van der Waals surface area contributed by atoms with Crippen molar-refractivity contribution in [1.82, 2.24) is 24.6 Å². The van der Waals surface area contributed by atoms with E-state index < -0.39 is 0 Å². The largest absolute Gasteiger partial charge is 0.457 e. The Labute approximate surface area is 168 Å². The van der Waals surface area contributed by atoms with Crippen molar-refractivity contribution in [1.29, 1.82) is 0 Å². The van der Waals surface area contributed by atoms with Gasteiger partial charge in [-0.3, -0.25) is 0 Å². The average Bonchev–Trinajstić information content (AvgIpc) is 3.34. The second kappa shape index (κ2) is 7.18. The third-order valence-electron chi connectivity index (χ3n) is 5.34. The molecular formula is C22H22N6O. The summed E-state index contributed by atoms with van der Waals surface area (Å²) in [4.78, 5) is 11.0. The number of ether oxygens (including phenoxy) is 1.